The van der Waals surface area contributed by atoms with Crippen molar-refractivity contribution in [1.82, 2.24) is 0 Å². The predicted octanol–water partition coefficient (Wildman–Crippen LogP) is 0.994. The first kappa shape index (κ1) is 13.2. The van der Waals surface area contributed by atoms with Gasteiger partial charge in [0.1, 0.15) is 13.2 Å². The van der Waals surface area contributed by atoms with Gasteiger partial charge in [-0.05, 0) is 18.2 Å². The average Bonchev–Trinajstić information content (AvgIpc) is 2.29. The molecule has 1 rings (SSSR count). The number of rotatable bonds is 7. The van der Waals surface area contributed by atoms with Crippen LogP contribution >= 0.6 is 11.6 Å². The third-order valence-corrected chi connectivity index (χ3v) is 1.85. The lowest BCUT2D eigenvalue weighted by molar-refractivity contribution is -0.103. The van der Waals surface area contributed by atoms with Crippen LogP contribution in [0.25, 0.3) is 0 Å². The molecule has 0 saturated carbocycles. The van der Waals surface area contributed by atoms with Crippen molar-refractivity contribution in [2.75, 3.05) is 31.7 Å². The summed E-state index contributed by atoms with van der Waals surface area (Å²) in [5, 5.41) is 19.0. The molecule has 0 amide bonds. The molecule has 0 fully saturated rings. The summed E-state index contributed by atoms with van der Waals surface area (Å²) >= 11 is 5.82. The van der Waals surface area contributed by atoms with Gasteiger partial charge in [0.05, 0.1) is 18.9 Å². The second-order valence-electron chi connectivity index (χ2n) is 2.85. The lowest BCUT2D eigenvalue weighted by atomic mass is 10.3. The minimum absolute atomic E-state index is 0.0952. The molecule has 0 aliphatic carbocycles. The second kappa shape index (κ2) is 7.43. The molecular weight excluding hydrogens is 234 g/mol. The van der Waals surface area contributed by atoms with Crippen molar-refractivity contribution < 1.29 is 19.9 Å². The molecule has 0 bridgehead atoms. The summed E-state index contributed by atoms with van der Waals surface area (Å²) in [6, 6.07) is 6.85. The minimum atomic E-state index is -0.125. The highest BCUT2D eigenvalue weighted by atomic mass is 35.5. The zero-order chi connectivity index (χ0) is 11.8. The highest BCUT2D eigenvalue weighted by Crippen LogP contribution is 2.19. The van der Waals surface area contributed by atoms with Gasteiger partial charge in [-0.2, -0.15) is 0 Å². The van der Waals surface area contributed by atoms with E-state index in [2.05, 4.69) is 0 Å². The van der Waals surface area contributed by atoms with Crippen LogP contribution in [0.15, 0.2) is 24.3 Å². The van der Waals surface area contributed by atoms with Crippen molar-refractivity contribution in [1.29, 1.82) is 0 Å². The monoisotopic (exact) mass is 247 g/mol. The number of benzene rings is 1. The van der Waals surface area contributed by atoms with Gasteiger partial charge in [-0.1, -0.05) is 17.7 Å². The Kier molecular flexibility index (Phi) is 6.14. The number of aliphatic hydroxyl groups is 2. The van der Waals surface area contributed by atoms with E-state index in [1.165, 1.54) is 0 Å². The molecule has 0 spiro atoms. The Bertz CT molecular complexity index is 303. The number of halogens is 1. The molecule has 5 nitrogen and oxygen atoms in total. The Morgan fingerprint density at radius 2 is 1.75 bits per heavy atom. The van der Waals surface area contributed by atoms with Gasteiger partial charge in [-0.3, -0.25) is 0 Å². The van der Waals surface area contributed by atoms with E-state index in [9.17, 15) is 0 Å². The number of nitrogens with zero attached hydrogens (tertiary/aromatic N) is 1. The number of aliphatic hydroxyl groups excluding tert-OH is 2. The zero-order valence-electron chi connectivity index (χ0n) is 8.67. The molecule has 0 unspecified atom stereocenters. The molecule has 1 aromatic carbocycles. The van der Waals surface area contributed by atoms with Gasteiger partial charge in [-0.15, -0.1) is 5.23 Å². The van der Waals surface area contributed by atoms with Crippen LogP contribution < -0.4 is 5.23 Å². The third-order valence-electron chi connectivity index (χ3n) is 1.62. The van der Waals surface area contributed by atoms with E-state index in [-0.39, 0.29) is 26.4 Å². The van der Waals surface area contributed by atoms with Crippen molar-refractivity contribution in [2.24, 2.45) is 0 Å². The Labute approximate surface area is 98.7 Å². The van der Waals surface area contributed by atoms with Crippen LogP contribution in [0.3, 0.4) is 0 Å². The quantitative estimate of drug-likeness (QED) is 0.704. The van der Waals surface area contributed by atoms with Gasteiger partial charge < -0.3 is 10.2 Å². The number of anilines is 1. The Balaban J connectivity index is 2.66. The summed E-state index contributed by atoms with van der Waals surface area (Å²) in [7, 11) is 0. The molecule has 0 aromatic heterocycles. The predicted molar refractivity (Wildman–Crippen MR) is 60.0 cm³/mol. The fraction of sp³-hybridized carbons (Fsp3) is 0.400. The summed E-state index contributed by atoms with van der Waals surface area (Å²) < 4.78 is 0. The summed E-state index contributed by atoms with van der Waals surface area (Å²) in [6.45, 7) is -0.0605. The lowest BCUT2D eigenvalue weighted by Crippen LogP contribution is -2.27. The molecule has 0 aliphatic rings. The maximum atomic E-state index is 8.66. The molecule has 16 heavy (non-hydrogen) atoms. The van der Waals surface area contributed by atoms with Crippen molar-refractivity contribution in [3.05, 3.63) is 29.3 Å². The Morgan fingerprint density at radius 3 is 2.25 bits per heavy atom. The highest BCUT2D eigenvalue weighted by Gasteiger charge is 2.08. The molecule has 90 valence electrons. The minimum Gasteiger partial charge on any atom is -0.394 e. The van der Waals surface area contributed by atoms with Crippen LogP contribution in [0.1, 0.15) is 0 Å². The van der Waals surface area contributed by atoms with Gasteiger partial charge in [-0.25, -0.2) is 9.68 Å². The second-order valence-corrected chi connectivity index (χ2v) is 3.29. The Morgan fingerprint density at radius 1 is 1.12 bits per heavy atom. The van der Waals surface area contributed by atoms with Gasteiger partial charge >= 0.3 is 0 Å². The van der Waals surface area contributed by atoms with Crippen molar-refractivity contribution >= 4 is 17.3 Å². The van der Waals surface area contributed by atoms with E-state index in [1.54, 1.807) is 24.3 Å². The molecule has 6 heteroatoms. The molecule has 0 saturated heterocycles. The largest absolute Gasteiger partial charge is 0.394 e. The van der Waals surface area contributed by atoms with E-state index in [4.69, 9.17) is 31.5 Å². The molecule has 0 aliphatic heterocycles. The van der Waals surface area contributed by atoms with Gasteiger partial charge in [0.25, 0.3) is 0 Å². The normalized spacial score (nSPS) is 10.4. The topological polar surface area (TPSA) is 62.2 Å². The Hall–Kier alpha value is -0.850. The van der Waals surface area contributed by atoms with Crippen molar-refractivity contribution in [3.8, 4) is 0 Å². The average molecular weight is 248 g/mol. The first-order valence-corrected chi connectivity index (χ1v) is 5.19. The fourth-order valence-corrected chi connectivity index (χ4v) is 1.21. The van der Waals surface area contributed by atoms with E-state index in [0.717, 1.165) is 5.23 Å². The SMILES string of the molecule is OCCON(OCCO)c1cccc(Cl)c1. The van der Waals surface area contributed by atoms with Crippen LogP contribution in [0.4, 0.5) is 5.69 Å². The van der Waals surface area contributed by atoms with Crippen molar-refractivity contribution in [3.63, 3.8) is 0 Å². The summed E-state index contributed by atoms with van der Waals surface area (Å²) in [5.74, 6) is 0. The molecule has 2 N–H and O–H groups in total. The van der Waals surface area contributed by atoms with E-state index < -0.39 is 0 Å². The van der Waals surface area contributed by atoms with E-state index in [0.29, 0.717) is 10.7 Å². The maximum absolute atomic E-state index is 8.66. The molecular formula is C10H14ClNO4. The molecule has 0 radical (unpaired) electrons. The fourth-order valence-electron chi connectivity index (χ4n) is 1.02. The van der Waals surface area contributed by atoms with Crippen LogP contribution in [-0.2, 0) is 9.68 Å². The number of hydrogen-bond acceptors (Lipinski definition) is 5. The summed E-state index contributed by atoms with van der Waals surface area (Å²) in [4.78, 5) is 10.3. The summed E-state index contributed by atoms with van der Waals surface area (Å²) in [6.07, 6.45) is 0. The van der Waals surface area contributed by atoms with Gasteiger partial charge in [0, 0.05) is 5.02 Å². The van der Waals surface area contributed by atoms with Crippen molar-refractivity contribution in [2.45, 2.75) is 0 Å². The highest BCUT2D eigenvalue weighted by molar-refractivity contribution is 6.30. The number of hydrogen-bond donors (Lipinski definition) is 2. The maximum Gasteiger partial charge on any atom is 0.101 e. The standard InChI is InChI=1S/C10H14ClNO4/c11-9-2-1-3-10(8-9)12(15-6-4-13)16-7-5-14/h1-3,8,13-14H,4-7H2. The molecule has 1 aromatic rings. The van der Waals surface area contributed by atoms with Gasteiger partial charge in [0.15, 0.2) is 0 Å². The van der Waals surface area contributed by atoms with Gasteiger partial charge in [0.2, 0.25) is 0 Å². The van der Waals surface area contributed by atoms with E-state index in [1.807, 2.05) is 0 Å². The van der Waals surface area contributed by atoms with E-state index >= 15 is 0 Å². The lowest BCUT2D eigenvalue weighted by Gasteiger charge is -2.21. The zero-order valence-corrected chi connectivity index (χ0v) is 9.43. The molecule has 0 heterocycles. The van der Waals surface area contributed by atoms with Crippen LogP contribution in [0.2, 0.25) is 5.02 Å². The smallest absolute Gasteiger partial charge is 0.101 e. The van der Waals surface area contributed by atoms with Crippen LogP contribution in [-0.4, -0.2) is 36.6 Å². The first-order valence-electron chi connectivity index (χ1n) is 4.81. The first-order chi connectivity index (χ1) is 7.77. The summed E-state index contributed by atoms with van der Waals surface area (Å²) in [5.41, 5.74) is 0.592. The van der Waals surface area contributed by atoms with Crippen LogP contribution in [0, 0.1) is 0 Å². The molecule has 0 atom stereocenters. The van der Waals surface area contributed by atoms with Crippen LogP contribution in [0.5, 0.6) is 0 Å². The third kappa shape index (κ3) is 4.34.